The molecular weight excluding hydrogens is 363 g/mol. The molecule has 3 atom stereocenters. The minimum absolute atomic E-state index is 0.0713. The van der Waals surface area contributed by atoms with Crippen LogP contribution in [-0.2, 0) is 0 Å². The van der Waals surface area contributed by atoms with Gasteiger partial charge in [0.2, 0.25) is 0 Å². The Bertz CT molecular complexity index is 881. The number of hydrogen-bond donors (Lipinski definition) is 1. The van der Waals surface area contributed by atoms with Crippen molar-refractivity contribution < 1.29 is 9.18 Å². The van der Waals surface area contributed by atoms with Crippen LogP contribution in [0.15, 0.2) is 18.2 Å². The van der Waals surface area contributed by atoms with Crippen LogP contribution in [0.5, 0.6) is 0 Å². The van der Waals surface area contributed by atoms with E-state index in [1.54, 1.807) is 13.0 Å². The van der Waals surface area contributed by atoms with Crippen molar-refractivity contribution in [2.24, 2.45) is 11.7 Å². The van der Waals surface area contributed by atoms with Gasteiger partial charge in [-0.1, -0.05) is 23.5 Å². The first-order valence-corrected chi connectivity index (χ1v) is 10.2. The van der Waals surface area contributed by atoms with Crippen LogP contribution in [0.3, 0.4) is 0 Å². The average molecular weight is 389 g/mol. The van der Waals surface area contributed by atoms with Crippen LogP contribution in [0, 0.1) is 18.7 Å². The van der Waals surface area contributed by atoms with Crippen LogP contribution >= 0.6 is 11.3 Å². The molecule has 2 aromatic rings. The number of anilines is 1. The molecule has 2 bridgehead atoms. The van der Waals surface area contributed by atoms with E-state index in [0.717, 1.165) is 29.3 Å². The fourth-order valence-electron chi connectivity index (χ4n) is 4.41. The third kappa shape index (κ3) is 3.02. The van der Waals surface area contributed by atoms with E-state index >= 15 is 0 Å². The number of benzene rings is 1. The van der Waals surface area contributed by atoms with Gasteiger partial charge in [-0.15, -0.1) is 0 Å². The van der Waals surface area contributed by atoms with Gasteiger partial charge in [-0.05, 0) is 49.3 Å². The molecule has 1 aliphatic carbocycles. The van der Waals surface area contributed by atoms with Crippen molar-refractivity contribution in [3.63, 3.8) is 0 Å². The molecule has 2 heterocycles. The van der Waals surface area contributed by atoms with E-state index in [2.05, 4.69) is 4.98 Å². The lowest BCUT2D eigenvalue weighted by molar-refractivity contribution is 0.0598. The maximum atomic E-state index is 14.2. The fourth-order valence-corrected chi connectivity index (χ4v) is 5.39. The number of aryl methyl sites for hydroxylation is 1. The van der Waals surface area contributed by atoms with Gasteiger partial charge in [0.25, 0.3) is 5.91 Å². The summed E-state index contributed by atoms with van der Waals surface area (Å²) in [6.45, 7) is 2.21. The first-order valence-electron chi connectivity index (χ1n) is 9.38. The molecule has 2 aliphatic rings. The van der Waals surface area contributed by atoms with E-state index in [4.69, 9.17) is 5.73 Å². The number of likely N-dealkylation sites (tertiary alicyclic amines) is 1. The summed E-state index contributed by atoms with van der Waals surface area (Å²) in [6, 6.07) is 5.44. The Balaban J connectivity index is 1.77. The minimum atomic E-state index is -0.272. The highest BCUT2D eigenvalue weighted by atomic mass is 32.1. The normalized spacial score (nSPS) is 23.9. The number of carbonyl (C=O) groups is 1. The molecule has 1 aromatic heterocycles. The van der Waals surface area contributed by atoms with Gasteiger partial charge in [-0.3, -0.25) is 4.79 Å². The number of aromatic nitrogens is 1. The van der Waals surface area contributed by atoms with E-state index in [9.17, 15) is 9.18 Å². The summed E-state index contributed by atoms with van der Waals surface area (Å²) in [5, 5.41) is 0.739. The number of carbonyl (C=O) groups excluding carboxylic acids is 1. The molecular formula is C20H25FN4OS. The molecule has 7 heteroatoms. The van der Waals surface area contributed by atoms with Crippen molar-refractivity contribution in [2.45, 2.75) is 38.3 Å². The second kappa shape index (κ2) is 6.87. The smallest absolute Gasteiger partial charge is 0.274 e. The van der Waals surface area contributed by atoms with E-state index in [1.807, 2.05) is 30.0 Å². The molecule has 144 valence electrons. The Morgan fingerprint density at radius 2 is 2.19 bits per heavy atom. The summed E-state index contributed by atoms with van der Waals surface area (Å²) in [5.74, 6) is 0.153. The lowest BCUT2D eigenvalue weighted by atomic mass is 9.98. The van der Waals surface area contributed by atoms with Crippen LogP contribution in [0.1, 0.15) is 35.3 Å². The lowest BCUT2D eigenvalue weighted by Crippen LogP contribution is -2.48. The zero-order valence-corrected chi connectivity index (χ0v) is 16.7. The van der Waals surface area contributed by atoms with E-state index < -0.39 is 0 Å². The van der Waals surface area contributed by atoms with Gasteiger partial charge >= 0.3 is 0 Å². The van der Waals surface area contributed by atoms with Crippen LogP contribution < -0.4 is 10.6 Å². The molecule has 4 rings (SSSR count). The number of piperidine rings is 1. The van der Waals surface area contributed by atoms with Gasteiger partial charge in [0.15, 0.2) is 5.13 Å². The Morgan fingerprint density at radius 1 is 1.41 bits per heavy atom. The minimum Gasteiger partial charge on any atom is -0.354 e. The van der Waals surface area contributed by atoms with Crippen LogP contribution in [-0.4, -0.2) is 48.5 Å². The number of nitrogens with zero attached hydrogens (tertiary/aromatic N) is 3. The Morgan fingerprint density at radius 3 is 2.85 bits per heavy atom. The number of amides is 1. The predicted molar refractivity (Wildman–Crippen MR) is 107 cm³/mol. The zero-order chi connectivity index (χ0) is 19.3. The van der Waals surface area contributed by atoms with Crippen molar-refractivity contribution in [3.8, 4) is 10.4 Å². The van der Waals surface area contributed by atoms with Gasteiger partial charge in [0.05, 0.1) is 4.88 Å². The molecule has 0 spiro atoms. The second-order valence-corrected chi connectivity index (χ2v) is 8.75. The number of fused-ring (bicyclic) bond motifs is 2. The van der Waals surface area contributed by atoms with E-state index in [-0.39, 0.29) is 23.8 Å². The molecule has 27 heavy (non-hydrogen) atoms. The molecule has 1 aromatic carbocycles. The van der Waals surface area contributed by atoms with E-state index in [0.29, 0.717) is 29.3 Å². The summed E-state index contributed by atoms with van der Waals surface area (Å²) < 4.78 is 14.2. The Hall–Kier alpha value is -1.99. The van der Waals surface area contributed by atoms with Crippen LogP contribution in [0.2, 0.25) is 0 Å². The molecule has 1 aliphatic heterocycles. The molecule has 1 saturated carbocycles. The summed E-state index contributed by atoms with van der Waals surface area (Å²) in [6.07, 6.45) is 3.21. The number of hydrogen-bond acceptors (Lipinski definition) is 5. The SMILES string of the molecule is Cc1ccc(-c2sc(N(C)C)nc2C(=O)N2[C@H]3CC[C@H](C3)[C@@H]2CN)cc1F. The molecule has 5 nitrogen and oxygen atoms in total. The molecule has 1 saturated heterocycles. The van der Waals surface area contributed by atoms with Crippen LogP contribution in [0.4, 0.5) is 9.52 Å². The first-order chi connectivity index (χ1) is 12.9. The van der Waals surface area contributed by atoms with Crippen molar-refractivity contribution in [3.05, 3.63) is 35.3 Å². The van der Waals surface area contributed by atoms with Crippen molar-refractivity contribution >= 4 is 22.4 Å². The molecule has 1 amide bonds. The summed E-state index contributed by atoms with van der Waals surface area (Å²) >= 11 is 1.42. The summed E-state index contributed by atoms with van der Waals surface area (Å²) in [7, 11) is 3.79. The monoisotopic (exact) mass is 388 g/mol. The second-order valence-electron chi connectivity index (χ2n) is 7.77. The average Bonchev–Trinajstić information content (AvgIpc) is 3.36. The molecule has 0 unspecified atom stereocenters. The predicted octanol–water partition coefficient (Wildman–Crippen LogP) is 3.28. The molecule has 2 N–H and O–H groups in total. The largest absolute Gasteiger partial charge is 0.354 e. The van der Waals surface area contributed by atoms with Gasteiger partial charge in [0.1, 0.15) is 11.5 Å². The summed E-state index contributed by atoms with van der Waals surface area (Å²) in [4.78, 5) is 22.7. The Kier molecular flexibility index (Phi) is 4.68. The van der Waals surface area contributed by atoms with Gasteiger partial charge in [-0.2, -0.15) is 0 Å². The number of halogens is 1. The molecule has 0 radical (unpaired) electrons. The highest BCUT2D eigenvalue weighted by Gasteiger charge is 2.48. The first kappa shape index (κ1) is 18.4. The van der Waals surface area contributed by atoms with Crippen LogP contribution in [0.25, 0.3) is 10.4 Å². The van der Waals surface area contributed by atoms with Gasteiger partial charge < -0.3 is 15.5 Å². The summed E-state index contributed by atoms with van der Waals surface area (Å²) in [5.41, 5.74) is 7.69. The van der Waals surface area contributed by atoms with Crippen molar-refractivity contribution in [1.29, 1.82) is 0 Å². The van der Waals surface area contributed by atoms with Crippen molar-refractivity contribution in [1.82, 2.24) is 9.88 Å². The number of nitrogens with two attached hydrogens (primary N) is 1. The zero-order valence-electron chi connectivity index (χ0n) is 15.9. The third-order valence-electron chi connectivity index (χ3n) is 5.85. The fraction of sp³-hybridized carbons (Fsp3) is 0.500. The molecule has 2 fully saturated rings. The quantitative estimate of drug-likeness (QED) is 0.873. The third-order valence-corrected chi connectivity index (χ3v) is 7.12. The van der Waals surface area contributed by atoms with Gasteiger partial charge in [0, 0.05) is 32.7 Å². The maximum Gasteiger partial charge on any atom is 0.274 e. The maximum absolute atomic E-state index is 14.2. The number of thiazole rings is 1. The highest BCUT2D eigenvalue weighted by Crippen LogP contribution is 2.44. The highest BCUT2D eigenvalue weighted by molar-refractivity contribution is 7.19. The van der Waals surface area contributed by atoms with Crippen molar-refractivity contribution in [2.75, 3.05) is 25.5 Å². The van der Waals surface area contributed by atoms with Gasteiger partial charge in [-0.25, -0.2) is 9.37 Å². The number of rotatable bonds is 4. The Labute approximate surface area is 163 Å². The standard InChI is InChI=1S/C20H25FN4OS/c1-11-4-5-13(9-15(11)21)18-17(23-20(27-18)24(2)3)19(26)25-14-7-6-12(8-14)16(25)10-22/h4-5,9,12,14,16H,6-8,10,22H2,1-3H3/t12-,14+,16+/m1/s1. The topological polar surface area (TPSA) is 62.5 Å². The lowest BCUT2D eigenvalue weighted by Gasteiger charge is -2.34. The van der Waals surface area contributed by atoms with E-state index in [1.165, 1.54) is 17.4 Å².